The van der Waals surface area contributed by atoms with Crippen molar-refractivity contribution < 1.29 is 0 Å². The molecule has 0 atom stereocenters. The number of hydrogen-bond acceptors (Lipinski definition) is 1. The Bertz CT molecular complexity index is 501. The van der Waals surface area contributed by atoms with Gasteiger partial charge in [-0.05, 0) is 31.5 Å². The molecular formula is C13H18N2. The van der Waals surface area contributed by atoms with Crippen LogP contribution in [-0.2, 0) is 5.41 Å². The van der Waals surface area contributed by atoms with Crippen LogP contribution in [0.5, 0.6) is 0 Å². The van der Waals surface area contributed by atoms with Gasteiger partial charge in [0.05, 0.1) is 0 Å². The fourth-order valence-electron chi connectivity index (χ4n) is 2.01. The molecule has 2 aromatic rings. The van der Waals surface area contributed by atoms with Gasteiger partial charge in [0.15, 0.2) is 0 Å². The monoisotopic (exact) mass is 202 g/mol. The van der Waals surface area contributed by atoms with Crippen LogP contribution >= 0.6 is 0 Å². The number of nitrogens with zero attached hydrogens (tertiary/aromatic N) is 2. The van der Waals surface area contributed by atoms with Gasteiger partial charge in [0.25, 0.3) is 0 Å². The maximum absolute atomic E-state index is 4.47. The Morgan fingerprint density at radius 3 is 2.40 bits per heavy atom. The van der Waals surface area contributed by atoms with Crippen molar-refractivity contribution >= 4 is 5.65 Å². The van der Waals surface area contributed by atoms with E-state index in [-0.39, 0.29) is 5.41 Å². The summed E-state index contributed by atoms with van der Waals surface area (Å²) in [4.78, 5) is 4.47. The molecule has 2 aromatic heterocycles. The molecule has 0 aliphatic carbocycles. The van der Waals surface area contributed by atoms with Crippen LogP contribution in [0.15, 0.2) is 18.3 Å². The Kier molecular flexibility index (Phi) is 2.10. The zero-order valence-electron chi connectivity index (χ0n) is 10.1. The van der Waals surface area contributed by atoms with E-state index in [1.807, 2.05) is 6.20 Å². The summed E-state index contributed by atoms with van der Waals surface area (Å²) in [7, 11) is 0. The zero-order chi connectivity index (χ0) is 11.2. The number of hydrogen-bond donors (Lipinski definition) is 0. The van der Waals surface area contributed by atoms with Crippen LogP contribution in [0.4, 0.5) is 0 Å². The van der Waals surface area contributed by atoms with Crippen LogP contribution in [-0.4, -0.2) is 9.38 Å². The highest BCUT2D eigenvalue weighted by atomic mass is 15.0. The Morgan fingerprint density at radius 1 is 1.13 bits per heavy atom. The largest absolute Gasteiger partial charge is 0.301 e. The van der Waals surface area contributed by atoms with Crippen LogP contribution in [0.25, 0.3) is 5.65 Å². The molecule has 80 valence electrons. The van der Waals surface area contributed by atoms with E-state index in [9.17, 15) is 0 Å². The highest BCUT2D eigenvalue weighted by Gasteiger charge is 2.19. The van der Waals surface area contributed by atoms with Crippen molar-refractivity contribution in [1.29, 1.82) is 0 Å². The molecule has 0 spiro atoms. The summed E-state index contributed by atoms with van der Waals surface area (Å²) in [6.45, 7) is 10.9. The molecular weight excluding hydrogens is 184 g/mol. The normalized spacial score (nSPS) is 12.3. The third-order valence-corrected chi connectivity index (χ3v) is 2.70. The van der Waals surface area contributed by atoms with Crippen molar-refractivity contribution in [2.45, 2.75) is 40.0 Å². The van der Waals surface area contributed by atoms with Crippen LogP contribution in [0, 0.1) is 13.8 Å². The molecule has 0 aliphatic rings. The number of aromatic nitrogens is 2. The third-order valence-electron chi connectivity index (χ3n) is 2.70. The first kappa shape index (κ1) is 10.2. The van der Waals surface area contributed by atoms with Gasteiger partial charge in [-0.15, -0.1) is 0 Å². The predicted molar refractivity (Wildman–Crippen MR) is 63.4 cm³/mol. The Balaban J connectivity index is 2.81. The second-order valence-electron chi connectivity index (χ2n) is 5.26. The molecule has 2 rings (SSSR count). The van der Waals surface area contributed by atoms with E-state index < -0.39 is 0 Å². The zero-order valence-corrected chi connectivity index (χ0v) is 10.1. The molecule has 0 saturated heterocycles. The van der Waals surface area contributed by atoms with Crippen LogP contribution < -0.4 is 0 Å². The van der Waals surface area contributed by atoms with Crippen LogP contribution in [0.3, 0.4) is 0 Å². The van der Waals surface area contributed by atoms with Crippen molar-refractivity contribution in [3.8, 4) is 0 Å². The quantitative estimate of drug-likeness (QED) is 0.641. The molecule has 2 heterocycles. The predicted octanol–water partition coefficient (Wildman–Crippen LogP) is 3.25. The first-order chi connectivity index (χ1) is 6.89. The van der Waals surface area contributed by atoms with Crippen LogP contribution in [0.1, 0.15) is 37.7 Å². The highest BCUT2D eigenvalue weighted by Crippen LogP contribution is 2.24. The van der Waals surface area contributed by atoms with Crippen molar-refractivity contribution in [2.75, 3.05) is 0 Å². The maximum atomic E-state index is 4.47. The number of rotatable bonds is 0. The molecule has 2 heteroatoms. The molecule has 2 nitrogen and oxygen atoms in total. The number of aryl methyl sites for hydroxylation is 2. The lowest BCUT2D eigenvalue weighted by Gasteiger charge is -2.19. The lowest BCUT2D eigenvalue weighted by atomic mass is 9.92. The van der Waals surface area contributed by atoms with Crippen LogP contribution in [0.2, 0.25) is 0 Å². The molecule has 0 radical (unpaired) electrons. The summed E-state index contributed by atoms with van der Waals surface area (Å²) in [5.41, 5.74) is 4.99. The van der Waals surface area contributed by atoms with Gasteiger partial charge in [-0.2, -0.15) is 0 Å². The van der Waals surface area contributed by atoms with Gasteiger partial charge in [0.1, 0.15) is 5.65 Å². The number of imidazole rings is 1. The summed E-state index contributed by atoms with van der Waals surface area (Å²) in [5.74, 6) is 0. The maximum Gasteiger partial charge on any atom is 0.137 e. The minimum Gasteiger partial charge on any atom is -0.301 e. The lowest BCUT2D eigenvalue weighted by molar-refractivity contribution is 0.561. The second-order valence-corrected chi connectivity index (χ2v) is 5.26. The SMILES string of the molecule is Cc1cc(C)n2c(C(C)(C)C)cnc2c1. The van der Waals surface area contributed by atoms with E-state index in [2.05, 4.69) is 56.1 Å². The Morgan fingerprint density at radius 2 is 1.80 bits per heavy atom. The molecule has 0 aliphatic heterocycles. The standard InChI is InChI=1S/C13H18N2/c1-9-6-10(2)15-11(13(3,4)5)8-14-12(15)7-9/h6-8H,1-5H3. The van der Waals surface area contributed by atoms with Crippen molar-refractivity contribution in [1.82, 2.24) is 9.38 Å². The average molecular weight is 202 g/mol. The summed E-state index contributed by atoms with van der Waals surface area (Å²) >= 11 is 0. The fourth-order valence-corrected chi connectivity index (χ4v) is 2.01. The number of fused-ring (bicyclic) bond motifs is 1. The average Bonchev–Trinajstić information content (AvgIpc) is 2.45. The summed E-state index contributed by atoms with van der Waals surface area (Å²) in [5, 5.41) is 0. The minimum atomic E-state index is 0.138. The summed E-state index contributed by atoms with van der Waals surface area (Å²) in [6, 6.07) is 4.33. The molecule has 15 heavy (non-hydrogen) atoms. The van der Waals surface area contributed by atoms with Gasteiger partial charge in [-0.25, -0.2) is 4.98 Å². The van der Waals surface area contributed by atoms with E-state index in [0.717, 1.165) is 5.65 Å². The minimum absolute atomic E-state index is 0.138. The van der Waals surface area contributed by atoms with Gasteiger partial charge in [-0.3, -0.25) is 0 Å². The molecule has 0 amide bonds. The van der Waals surface area contributed by atoms with E-state index in [4.69, 9.17) is 0 Å². The molecule has 0 fully saturated rings. The van der Waals surface area contributed by atoms with Gasteiger partial charge >= 0.3 is 0 Å². The van der Waals surface area contributed by atoms with E-state index >= 15 is 0 Å². The Hall–Kier alpha value is -1.31. The molecule has 0 bridgehead atoms. The van der Waals surface area contributed by atoms with Gasteiger partial charge in [0, 0.05) is 23.0 Å². The second kappa shape index (κ2) is 3.09. The number of pyridine rings is 1. The smallest absolute Gasteiger partial charge is 0.137 e. The third kappa shape index (κ3) is 1.65. The fraction of sp³-hybridized carbons (Fsp3) is 0.462. The first-order valence-electron chi connectivity index (χ1n) is 5.35. The van der Waals surface area contributed by atoms with Gasteiger partial charge in [-0.1, -0.05) is 20.8 Å². The highest BCUT2D eigenvalue weighted by molar-refractivity contribution is 5.46. The lowest BCUT2D eigenvalue weighted by Crippen LogP contribution is -2.15. The van der Waals surface area contributed by atoms with E-state index in [1.54, 1.807) is 0 Å². The van der Waals surface area contributed by atoms with E-state index in [0.29, 0.717) is 0 Å². The van der Waals surface area contributed by atoms with Crippen molar-refractivity contribution in [3.05, 3.63) is 35.3 Å². The topological polar surface area (TPSA) is 17.3 Å². The molecule has 0 unspecified atom stereocenters. The summed E-state index contributed by atoms with van der Waals surface area (Å²) in [6.07, 6.45) is 1.99. The molecule has 0 N–H and O–H groups in total. The summed E-state index contributed by atoms with van der Waals surface area (Å²) < 4.78 is 2.24. The van der Waals surface area contributed by atoms with Crippen molar-refractivity contribution in [3.63, 3.8) is 0 Å². The first-order valence-corrected chi connectivity index (χ1v) is 5.35. The molecule has 0 aromatic carbocycles. The van der Waals surface area contributed by atoms with Crippen molar-refractivity contribution in [2.24, 2.45) is 0 Å². The van der Waals surface area contributed by atoms with E-state index in [1.165, 1.54) is 17.0 Å². The Labute approximate surface area is 91.0 Å². The van der Waals surface area contributed by atoms with Gasteiger partial charge in [0.2, 0.25) is 0 Å². The molecule has 0 saturated carbocycles. The van der Waals surface area contributed by atoms with Gasteiger partial charge < -0.3 is 4.40 Å².